The van der Waals surface area contributed by atoms with E-state index in [2.05, 4.69) is 55.9 Å². The monoisotopic (exact) mass is 310 g/mol. The zero-order valence-corrected chi connectivity index (χ0v) is 13.8. The molecule has 0 unspecified atom stereocenters. The van der Waals surface area contributed by atoms with E-state index in [0.29, 0.717) is 0 Å². The molecule has 0 saturated carbocycles. The maximum Gasteiger partial charge on any atom is 0.123 e. The SMILES string of the molecule is c1ccc(Cn2ccnc2CN2CCN3CCCC[C@@H]3C2)cc1. The van der Waals surface area contributed by atoms with Gasteiger partial charge in [0.25, 0.3) is 0 Å². The lowest BCUT2D eigenvalue weighted by molar-refractivity contribution is 0.0440. The highest BCUT2D eigenvalue weighted by atomic mass is 15.3. The number of hydrogen-bond donors (Lipinski definition) is 0. The van der Waals surface area contributed by atoms with Crippen molar-refractivity contribution in [3.63, 3.8) is 0 Å². The van der Waals surface area contributed by atoms with E-state index in [1.807, 2.05) is 6.20 Å². The molecule has 4 nitrogen and oxygen atoms in total. The largest absolute Gasteiger partial charge is 0.329 e. The second kappa shape index (κ2) is 6.85. The zero-order valence-electron chi connectivity index (χ0n) is 13.8. The molecule has 2 saturated heterocycles. The Hall–Kier alpha value is -1.65. The first kappa shape index (κ1) is 14.9. The van der Waals surface area contributed by atoms with E-state index in [0.717, 1.165) is 19.1 Å². The standard InChI is InChI=1S/C19H26N4/c1-2-6-17(7-3-1)14-23-11-9-20-19(23)16-21-12-13-22-10-5-4-8-18(22)15-21/h1-3,6-7,9,11,18H,4-5,8,10,12-16H2/t18-/m1/s1. The van der Waals surface area contributed by atoms with E-state index in [4.69, 9.17) is 0 Å². The van der Waals surface area contributed by atoms with Crippen molar-refractivity contribution in [2.75, 3.05) is 26.2 Å². The minimum Gasteiger partial charge on any atom is -0.329 e. The average Bonchev–Trinajstić information content (AvgIpc) is 3.02. The highest BCUT2D eigenvalue weighted by Gasteiger charge is 2.29. The molecule has 122 valence electrons. The van der Waals surface area contributed by atoms with Gasteiger partial charge in [-0.1, -0.05) is 36.8 Å². The summed E-state index contributed by atoms with van der Waals surface area (Å²) in [6.07, 6.45) is 8.21. The molecule has 2 fully saturated rings. The second-order valence-electron chi connectivity index (χ2n) is 6.88. The average molecular weight is 310 g/mol. The maximum atomic E-state index is 4.62. The van der Waals surface area contributed by atoms with Crippen LogP contribution in [0.15, 0.2) is 42.7 Å². The smallest absolute Gasteiger partial charge is 0.123 e. The summed E-state index contributed by atoms with van der Waals surface area (Å²) < 4.78 is 2.29. The molecule has 4 heteroatoms. The minimum absolute atomic E-state index is 0.773. The van der Waals surface area contributed by atoms with E-state index >= 15 is 0 Å². The molecule has 0 amide bonds. The van der Waals surface area contributed by atoms with E-state index in [-0.39, 0.29) is 0 Å². The van der Waals surface area contributed by atoms with Crippen LogP contribution in [0.2, 0.25) is 0 Å². The van der Waals surface area contributed by atoms with Gasteiger partial charge < -0.3 is 4.57 Å². The third kappa shape index (κ3) is 3.48. The number of aromatic nitrogens is 2. The summed E-state index contributed by atoms with van der Waals surface area (Å²) in [5.41, 5.74) is 1.34. The van der Waals surface area contributed by atoms with Crippen LogP contribution in [0.5, 0.6) is 0 Å². The topological polar surface area (TPSA) is 24.3 Å². The normalized spacial score (nSPS) is 22.9. The first-order valence-electron chi connectivity index (χ1n) is 8.89. The van der Waals surface area contributed by atoms with Gasteiger partial charge in [-0.25, -0.2) is 4.98 Å². The van der Waals surface area contributed by atoms with E-state index in [9.17, 15) is 0 Å². The lowest BCUT2D eigenvalue weighted by atomic mass is 9.99. The summed E-state index contributed by atoms with van der Waals surface area (Å²) in [7, 11) is 0. The number of rotatable bonds is 4. The van der Waals surface area contributed by atoms with Gasteiger partial charge in [-0.2, -0.15) is 0 Å². The molecule has 0 aliphatic carbocycles. The quantitative estimate of drug-likeness (QED) is 0.867. The van der Waals surface area contributed by atoms with Crippen molar-refractivity contribution in [2.24, 2.45) is 0 Å². The molecule has 2 aliphatic rings. The molecule has 4 rings (SSSR count). The minimum atomic E-state index is 0.773. The third-order valence-corrected chi connectivity index (χ3v) is 5.28. The van der Waals surface area contributed by atoms with Crippen LogP contribution in [0.4, 0.5) is 0 Å². The number of fused-ring (bicyclic) bond motifs is 1. The van der Waals surface area contributed by atoms with E-state index < -0.39 is 0 Å². The fraction of sp³-hybridized carbons (Fsp3) is 0.526. The molecule has 3 heterocycles. The molecule has 1 atom stereocenters. The Bertz CT molecular complexity index is 621. The van der Waals surface area contributed by atoms with Crippen LogP contribution >= 0.6 is 0 Å². The Kier molecular flexibility index (Phi) is 4.44. The second-order valence-corrected chi connectivity index (χ2v) is 6.88. The fourth-order valence-electron chi connectivity index (χ4n) is 3.98. The lowest BCUT2D eigenvalue weighted by Gasteiger charge is -2.44. The van der Waals surface area contributed by atoms with Crippen molar-refractivity contribution in [3.05, 3.63) is 54.1 Å². The van der Waals surface area contributed by atoms with Gasteiger partial charge in [0.2, 0.25) is 0 Å². The Morgan fingerprint density at radius 2 is 1.91 bits per heavy atom. The number of nitrogens with zero attached hydrogens (tertiary/aromatic N) is 4. The van der Waals surface area contributed by atoms with Crippen LogP contribution in [-0.4, -0.2) is 51.6 Å². The molecule has 0 N–H and O–H groups in total. The van der Waals surface area contributed by atoms with E-state index in [1.54, 1.807) is 0 Å². The predicted octanol–water partition coefficient (Wildman–Crippen LogP) is 2.60. The van der Waals surface area contributed by atoms with Crippen LogP contribution in [0, 0.1) is 0 Å². The fourth-order valence-corrected chi connectivity index (χ4v) is 3.98. The molecule has 2 aliphatic heterocycles. The highest BCUT2D eigenvalue weighted by Crippen LogP contribution is 2.22. The molecular weight excluding hydrogens is 284 g/mol. The molecule has 23 heavy (non-hydrogen) atoms. The summed E-state index contributed by atoms with van der Waals surface area (Å²) in [6.45, 7) is 6.81. The summed E-state index contributed by atoms with van der Waals surface area (Å²) in [5.74, 6) is 1.19. The van der Waals surface area contributed by atoms with Gasteiger partial charge >= 0.3 is 0 Å². The summed E-state index contributed by atoms with van der Waals surface area (Å²) in [5, 5.41) is 0. The third-order valence-electron chi connectivity index (χ3n) is 5.28. The van der Waals surface area contributed by atoms with Crippen molar-refractivity contribution in [1.29, 1.82) is 0 Å². The first-order valence-corrected chi connectivity index (χ1v) is 8.89. The van der Waals surface area contributed by atoms with Crippen LogP contribution in [0.3, 0.4) is 0 Å². The van der Waals surface area contributed by atoms with E-state index in [1.165, 1.54) is 56.8 Å². The van der Waals surface area contributed by atoms with Crippen LogP contribution in [0.1, 0.15) is 30.7 Å². The van der Waals surface area contributed by atoms with Crippen molar-refractivity contribution < 1.29 is 0 Å². The number of piperazine rings is 1. The maximum absolute atomic E-state index is 4.62. The molecule has 2 aromatic rings. The van der Waals surface area contributed by atoms with Gasteiger partial charge in [-0.15, -0.1) is 0 Å². The lowest BCUT2D eigenvalue weighted by Crippen LogP contribution is -2.54. The molecule has 0 spiro atoms. The van der Waals surface area contributed by atoms with Gasteiger partial charge in [0, 0.05) is 44.6 Å². The Labute approximate surface area is 138 Å². The van der Waals surface area contributed by atoms with Crippen molar-refractivity contribution in [1.82, 2.24) is 19.4 Å². The molecule has 0 radical (unpaired) electrons. The molecular formula is C19H26N4. The number of benzene rings is 1. The first-order chi connectivity index (χ1) is 11.4. The van der Waals surface area contributed by atoms with Gasteiger partial charge in [0.05, 0.1) is 6.54 Å². The number of imidazole rings is 1. The molecule has 0 bridgehead atoms. The molecule has 1 aromatic carbocycles. The Balaban J connectivity index is 1.40. The Morgan fingerprint density at radius 1 is 1.00 bits per heavy atom. The predicted molar refractivity (Wildman–Crippen MR) is 92.3 cm³/mol. The van der Waals surface area contributed by atoms with Crippen molar-refractivity contribution in [3.8, 4) is 0 Å². The van der Waals surface area contributed by atoms with Gasteiger partial charge in [0.15, 0.2) is 0 Å². The van der Waals surface area contributed by atoms with Crippen molar-refractivity contribution >= 4 is 0 Å². The summed E-state index contributed by atoms with van der Waals surface area (Å²) in [6, 6.07) is 11.4. The van der Waals surface area contributed by atoms with Crippen LogP contribution in [0.25, 0.3) is 0 Å². The highest BCUT2D eigenvalue weighted by molar-refractivity contribution is 5.15. The zero-order chi connectivity index (χ0) is 15.5. The van der Waals surface area contributed by atoms with Crippen molar-refractivity contribution in [2.45, 2.75) is 38.4 Å². The van der Waals surface area contributed by atoms with Gasteiger partial charge in [-0.05, 0) is 24.9 Å². The molecule has 1 aromatic heterocycles. The Morgan fingerprint density at radius 3 is 2.83 bits per heavy atom. The summed E-state index contributed by atoms with van der Waals surface area (Å²) >= 11 is 0. The summed E-state index contributed by atoms with van der Waals surface area (Å²) in [4.78, 5) is 9.90. The number of piperidine rings is 1. The van der Waals surface area contributed by atoms with Gasteiger partial charge in [0.1, 0.15) is 5.82 Å². The van der Waals surface area contributed by atoms with Crippen LogP contribution in [-0.2, 0) is 13.1 Å². The van der Waals surface area contributed by atoms with Gasteiger partial charge in [-0.3, -0.25) is 9.80 Å². The van der Waals surface area contributed by atoms with Crippen LogP contribution < -0.4 is 0 Å². The number of hydrogen-bond acceptors (Lipinski definition) is 3.